The summed E-state index contributed by atoms with van der Waals surface area (Å²) in [5.41, 5.74) is 7.21. The highest BCUT2D eigenvalue weighted by atomic mass is 15.2. The highest BCUT2D eigenvalue weighted by Gasteiger charge is 2.24. The molecular weight excluding hydrogens is 334 g/mol. The minimum atomic E-state index is 0.895. The third-order valence-corrected chi connectivity index (χ3v) is 5.50. The first kappa shape index (κ1) is 16.3. The second kappa shape index (κ2) is 6.67. The van der Waals surface area contributed by atoms with Gasteiger partial charge in [-0.2, -0.15) is 10.2 Å². The zero-order valence-corrected chi connectivity index (χ0v) is 15.5. The maximum Gasteiger partial charge on any atom is 0.0974 e. The van der Waals surface area contributed by atoms with Crippen LogP contribution in [0.2, 0.25) is 0 Å². The molecule has 136 valence electrons. The van der Waals surface area contributed by atoms with Crippen molar-refractivity contribution in [1.82, 2.24) is 25.3 Å². The summed E-state index contributed by atoms with van der Waals surface area (Å²) in [6.45, 7) is 4.97. The molecule has 1 aliphatic heterocycles. The van der Waals surface area contributed by atoms with Gasteiger partial charge in [0.05, 0.1) is 11.4 Å². The Morgan fingerprint density at radius 3 is 2.81 bits per heavy atom. The van der Waals surface area contributed by atoms with E-state index in [-0.39, 0.29) is 0 Å². The lowest BCUT2D eigenvalue weighted by Gasteiger charge is -2.26. The minimum absolute atomic E-state index is 0.895. The van der Waals surface area contributed by atoms with E-state index in [2.05, 4.69) is 75.7 Å². The number of benzene rings is 2. The molecule has 2 N–H and O–H groups in total. The molecule has 0 saturated heterocycles. The van der Waals surface area contributed by atoms with Gasteiger partial charge in [-0.15, -0.1) is 0 Å². The van der Waals surface area contributed by atoms with Crippen molar-refractivity contribution in [1.29, 1.82) is 0 Å². The topological polar surface area (TPSA) is 60.6 Å². The van der Waals surface area contributed by atoms with Crippen LogP contribution in [0.15, 0.2) is 48.5 Å². The maximum absolute atomic E-state index is 4.71. The van der Waals surface area contributed by atoms with E-state index in [1.54, 1.807) is 0 Å². The predicted molar refractivity (Wildman–Crippen MR) is 107 cm³/mol. The number of nitrogens with one attached hydrogen (secondary N) is 2. The molecule has 5 rings (SSSR count). The van der Waals surface area contributed by atoms with E-state index in [0.29, 0.717) is 0 Å². The molecule has 1 aliphatic rings. The molecule has 27 heavy (non-hydrogen) atoms. The molecule has 3 heterocycles. The first-order valence-electron chi connectivity index (χ1n) is 9.61. The fourth-order valence-corrected chi connectivity index (χ4v) is 4.05. The number of hydrogen-bond acceptors (Lipinski definition) is 3. The molecule has 0 aliphatic carbocycles. The van der Waals surface area contributed by atoms with Crippen molar-refractivity contribution in [2.24, 2.45) is 0 Å². The predicted octanol–water partition coefficient (Wildman–Crippen LogP) is 4.07. The summed E-state index contributed by atoms with van der Waals surface area (Å²) in [5, 5.41) is 18.0. The number of rotatable bonds is 4. The van der Waals surface area contributed by atoms with Crippen molar-refractivity contribution in [3.63, 3.8) is 0 Å². The molecule has 0 bridgehead atoms. The van der Waals surface area contributed by atoms with E-state index in [0.717, 1.165) is 43.9 Å². The monoisotopic (exact) mass is 357 g/mol. The number of aryl methyl sites for hydroxylation is 1. The van der Waals surface area contributed by atoms with Gasteiger partial charge in [0.25, 0.3) is 0 Å². The third-order valence-electron chi connectivity index (χ3n) is 5.50. The highest BCUT2D eigenvalue weighted by Crippen LogP contribution is 2.33. The van der Waals surface area contributed by atoms with Crippen LogP contribution in [0, 0.1) is 0 Å². The summed E-state index contributed by atoms with van der Waals surface area (Å²) in [6.07, 6.45) is 1.97. The van der Waals surface area contributed by atoms with Crippen molar-refractivity contribution >= 4 is 10.8 Å². The van der Waals surface area contributed by atoms with Crippen LogP contribution in [0.25, 0.3) is 22.0 Å². The van der Waals surface area contributed by atoms with Gasteiger partial charge in [0.1, 0.15) is 0 Å². The van der Waals surface area contributed by atoms with Crippen molar-refractivity contribution in [2.45, 2.75) is 32.9 Å². The van der Waals surface area contributed by atoms with E-state index in [4.69, 9.17) is 5.10 Å². The summed E-state index contributed by atoms with van der Waals surface area (Å²) >= 11 is 0. The van der Waals surface area contributed by atoms with Crippen LogP contribution >= 0.6 is 0 Å². The van der Waals surface area contributed by atoms with Gasteiger partial charge in [0.15, 0.2) is 0 Å². The molecule has 5 heteroatoms. The van der Waals surface area contributed by atoms with Gasteiger partial charge in [-0.25, -0.2) is 0 Å². The lowest BCUT2D eigenvalue weighted by atomic mass is 9.97. The second-order valence-corrected chi connectivity index (χ2v) is 7.25. The van der Waals surface area contributed by atoms with Crippen LogP contribution < -0.4 is 0 Å². The Morgan fingerprint density at radius 1 is 1.04 bits per heavy atom. The molecule has 0 saturated carbocycles. The van der Waals surface area contributed by atoms with E-state index in [1.165, 1.54) is 33.3 Å². The van der Waals surface area contributed by atoms with Gasteiger partial charge in [0, 0.05) is 48.6 Å². The molecule has 0 amide bonds. The first-order chi connectivity index (χ1) is 13.3. The Labute approximate surface area is 158 Å². The molecule has 0 radical (unpaired) electrons. The van der Waals surface area contributed by atoms with Gasteiger partial charge in [-0.3, -0.25) is 15.1 Å². The van der Waals surface area contributed by atoms with E-state index < -0.39 is 0 Å². The molecule has 2 aromatic heterocycles. The van der Waals surface area contributed by atoms with Crippen LogP contribution in [-0.2, 0) is 25.9 Å². The van der Waals surface area contributed by atoms with Crippen molar-refractivity contribution in [3.05, 3.63) is 71.2 Å². The molecule has 0 atom stereocenters. The van der Waals surface area contributed by atoms with E-state index in [9.17, 15) is 0 Å². The molecule has 4 aromatic rings. The Balaban J connectivity index is 1.47. The van der Waals surface area contributed by atoms with E-state index in [1.807, 2.05) is 0 Å². The lowest BCUT2D eigenvalue weighted by molar-refractivity contribution is 0.242. The number of aromatic amines is 2. The Morgan fingerprint density at radius 2 is 1.93 bits per heavy atom. The van der Waals surface area contributed by atoms with Crippen LogP contribution in [0.3, 0.4) is 0 Å². The smallest absolute Gasteiger partial charge is 0.0974 e. The molecule has 5 nitrogen and oxygen atoms in total. The van der Waals surface area contributed by atoms with Crippen LogP contribution in [0.5, 0.6) is 0 Å². The van der Waals surface area contributed by atoms with E-state index >= 15 is 0 Å². The summed E-state index contributed by atoms with van der Waals surface area (Å²) in [5.74, 6) is 0. The van der Waals surface area contributed by atoms with Crippen molar-refractivity contribution < 1.29 is 0 Å². The zero-order chi connectivity index (χ0) is 18.2. The molecule has 0 fully saturated rings. The van der Waals surface area contributed by atoms with Gasteiger partial charge in [0.2, 0.25) is 0 Å². The normalized spacial score (nSPS) is 14.6. The van der Waals surface area contributed by atoms with Crippen LogP contribution in [-0.4, -0.2) is 31.8 Å². The number of fused-ring (bicyclic) bond motifs is 2. The summed E-state index contributed by atoms with van der Waals surface area (Å²) in [7, 11) is 0. The third kappa shape index (κ3) is 2.94. The standard InChI is InChI=1S/C22H23N5/c1-2-16-12-17(24-23-16)13-27-11-10-21-20(14-27)22(26-25-21)19-9-5-7-15-6-3-4-8-18(15)19/h3-9,12H,2,10-11,13-14H2,1H3,(H,23,24)(H,25,26). The quantitative estimate of drug-likeness (QED) is 0.579. The summed E-state index contributed by atoms with van der Waals surface area (Å²) in [6, 6.07) is 17.2. The van der Waals surface area contributed by atoms with Crippen molar-refractivity contribution in [2.75, 3.05) is 6.54 Å². The fraction of sp³-hybridized carbons (Fsp3) is 0.273. The maximum atomic E-state index is 4.71. The van der Waals surface area contributed by atoms with Gasteiger partial charge < -0.3 is 0 Å². The van der Waals surface area contributed by atoms with Gasteiger partial charge >= 0.3 is 0 Å². The lowest BCUT2D eigenvalue weighted by Crippen LogP contribution is -2.30. The van der Waals surface area contributed by atoms with Crippen LogP contribution in [0.4, 0.5) is 0 Å². The zero-order valence-electron chi connectivity index (χ0n) is 15.5. The minimum Gasteiger partial charge on any atom is -0.293 e. The Hall–Kier alpha value is -2.92. The molecular formula is C22H23N5. The fourth-order valence-electron chi connectivity index (χ4n) is 4.05. The largest absolute Gasteiger partial charge is 0.293 e. The van der Waals surface area contributed by atoms with Crippen molar-refractivity contribution in [3.8, 4) is 11.3 Å². The number of hydrogen-bond donors (Lipinski definition) is 2. The molecule has 0 unspecified atom stereocenters. The average Bonchev–Trinajstić information content (AvgIpc) is 3.34. The Bertz CT molecular complexity index is 1090. The molecule has 2 aromatic carbocycles. The van der Waals surface area contributed by atoms with Gasteiger partial charge in [-0.05, 0) is 23.3 Å². The number of H-pyrrole nitrogens is 2. The highest BCUT2D eigenvalue weighted by molar-refractivity contribution is 5.96. The number of aromatic nitrogens is 4. The molecule has 0 spiro atoms. The Kier molecular flexibility index (Phi) is 4.02. The average molecular weight is 357 g/mol. The SMILES string of the molecule is CCc1cc(CN2CCc3[nH]nc(-c4cccc5ccccc45)c3C2)[nH]n1. The van der Waals surface area contributed by atoms with Gasteiger partial charge in [-0.1, -0.05) is 49.4 Å². The second-order valence-electron chi connectivity index (χ2n) is 7.25. The summed E-state index contributed by atoms with van der Waals surface area (Å²) in [4.78, 5) is 2.47. The first-order valence-corrected chi connectivity index (χ1v) is 9.61. The van der Waals surface area contributed by atoms with Crippen LogP contribution in [0.1, 0.15) is 29.6 Å². The summed E-state index contributed by atoms with van der Waals surface area (Å²) < 4.78 is 0. The number of nitrogens with zero attached hydrogens (tertiary/aromatic N) is 3.